The number of hydrogen-bond acceptors (Lipinski definition) is 4. The summed E-state index contributed by atoms with van der Waals surface area (Å²) in [6, 6.07) is 10.1. The molecule has 0 amide bonds. The summed E-state index contributed by atoms with van der Waals surface area (Å²) in [4.78, 5) is 0. The van der Waals surface area contributed by atoms with Crippen molar-refractivity contribution in [2.24, 2.45) is 7.05 Å². The Morgan fingerprint density at radius 2 is 2.00 bits per heavy atom. The van der Waals surface area contributed by atoms with E-state index in [4.69, 9.17) is 0 Å². The third kappa shape index (κ3) is 2.92. The van der Waals surface area contributed by atoms with Gasteiger partial charge in [0.05, 0.1) is 0 Å². The molecule has 5 nitrogen and oxygen atoms in total. The molecule has 2 rings (SSSR count). The summed E-state index contributed by atoms with van der Waals surface area (Å²) >= 11 is 0. The van der Waals surface area contributed by atoms with Gasteiger partial charge in [-0.25, -0.2) is 4.68 Å². The highest BCUT2D eigenvalue weighted by Gasteiger charge is 1.99. The van der Waals surface area contributed by atoms with Crippen molar-refractivity contribution >= 4 is 18.4 Å². The molecule has 0 spiro atoms. The van der Waals surface area contributed by atoms with Crippen LogP contribution in [0.4, 0.5) is 5.95 Å². The fourth-order valence-electron chi connectivity index (χ4n) is 1.16. The van der Waals surface area contributed by atoms with Gasteiger partial charge in [0, 0.05) is 13.6 Å². The molecule has 2 aromatic rings. The van der Waals surface area contributed by atoms with Gasteiger partial charge in [0.25, 0.3) is 0 Å². The van der Waals surface area contributed by atoms with E-state index in [0.29, 0.717) is 5.95 Å². The number of aromatic nitrogens is 4. The van der Waals surface area contributed by atoms with Crippen LogP contribution in [0.15, 0.2) is 30.3 Å². The van der Waals surface area contributed by atoms with Gasteiger partial charge in [-0.15, -0.1) is 12.4 Å². The maximum absolute atomic E-state index is 3.82. The van der Waals surface area contributed by atoms with E-state index in [0.717, 1.165) is 6.54 Å². The minimum atomic E-state index is 0. The topological polar surface area (TPSA) is 55.6 Å². The van der Waals surface area contributed by atoms with Crippen molar-refractivity contribution in [3.05, 3.63) is 35.9 Å². The van der Waals surface area contributed by atoms with Crippen LogP contribution in [0.5, 0.6) is 0 Å². The molecule has 1 aromatic heterocycles. The number of hydrogen-bond donors (Lipinski definition) is 1. The first-order chi connectivity index (χ1) is 6.86. The van der Waals surface area contributed by atoms with Crippen molar-refractivity contribution < 1.29 is 0 Å². The lowest BCUT2D eigenvalue weighted by molar-refractivity contribution is 0.712. The number of nitrogens with one attached hydrogen (secondary N) is 1. The van der Waals surface area contributed by atoms with Gasteiger partial charge in [0.15, 0.2) is 0 Å². The molecule has 0 unspecified atom stereocenters. The molecule has 0 aliphatic carbocycles. The number of aryl methyl sites for hydroxylation is 1. The average molecular weight is 226 g/mol. The molecule has 6 heteroatoms. The van der Waals surface area contributed by atoms with Crippen molar-refractivity contribution in [3.8, 4) is 0 Å². The number of halogens is 1. The molecule has 0 fully saturated rings. The largest absolute Gasteiger partial charge is 0.349 e. The molecular formula is C9H12ClN5. The van der Waals surface area contributed by atoms with E-state index >= 15 is 0 Å². The first kappa shape index (κ1) is 11.5. The minimum absolute atomic E-state index is 0. The first-order valence-corrected chi connectivity index (χ1v) is 4.36. The Bertz CT molecular complexity index is 400. The number of tetrazole rings is 1. The summed E-state index contributed by atoms with van der Waals surface area (Å²) in [5.74, 6) is 0.675. The van der Waals surface area contributed by atoms with Crippen molar-refractivity contribution in [1.82, 2.24) is 20.2 Å². The van der Waals surface area contributed by atoms with Crippen molar-refractivity contribution in [2.45, 2.75) is 6.54 Å². The second kappa shape index (κ2) is 5.31. The normalized spacial score (nSPS) is 9.40. The average Bonchev–Trinajstić information content (AvgIpc) is 2.63. The van der Waals surface area contributed by atoms with E-state index in [-0.39, 0.29) is 12.4 Å². The summed E-state index contributed by atoms with van der Waals surface area (Å²) in [6.45, 7) is 0.731. The smallest absolute Gasteiger partial charge is 0.242 e. The predicted octanol–water partition coefficient (Wildman–Crippen LogP) is 1.24. The number of anilines is 1. The first-order valence-electron chi connectivity index (χ1n) is 4.36. The van der Waals surface area contributed by atoms with E-state index in [1.807, 2.05) is 18.2 Å². The van der Waals surface area contributed by atoms with Crippen LogP contribution in [-0.4, -0.2) is 20.2 Å². The van der Waals surface area contributed by atoms with Gasteiger partial charge >= 0.3 is 0 Å². The van der Waals surface area contributed by atoms with Crippen LogP contribution < -0.4 is 5.32 Å². The third-order valence-corrected chi connectivity index (χ3v) is 1.91. The van der Waals surface area contributed by atoms with E-state index in [2.05, 4.69) is 33.0 Å². The van der Waals surface area contributed by atoms with Gasteiger partial charge in [-0.2, -0.15) is 0 Å². The number of rotatable bonds is 3. The molecule has 80 valence electrons. The van der Waals surface area contributed by atoms with Crippen LogP contribution in [0.3, 0.4) is 0 Å². The van der Waals surface area contributed by atoms with Crippen LogP contribution in [0.25, 0.3) is 0 Å². The van der Waals surface area contributed by atoms with Gasteiger partial charge in [-0.3, -0.25) is 0 Å². The number of nitrogens with zero attached hydrogens (tertiary/aromatic N) is 4. The summed E-state index contributed by atoms with van der Waals surface area (Å²) < 4.78 is 1.60. The Labute approximate surface area is 93.9 Å². The lowest BCUT2D eigenvalue weighted by Gasteiger charge is -2.03. The molecule has 0 saturated carbocycles. The van der Waals surface area contributed by atoms with Crippen molar-refractivity contribution in [3.63, 3.8) is 0 Å². The Morgan fingerprint density at radius 3 is 2.60 bits per heavy atom. The SMILES string of the molecule is Cl.Cn1nnnc1NCc1ccccc1. The zero-order valence-corrected chi connectivity index (χ0v) is 9.11. The molecule has 15 heavy (non-hydrogen) atoms. The summed E-state index contributed by atoms with van der Waals surface area (Å²) in [6.07, 6.45) is 0. The van der Waals surface area contributed by atoms with Gasteiger partial charge in [-0.05, 0) is 16.0 Å². The molecule has 0 saturated heterocycles. The number of benzene rings is 1. The monoisotopic (exact) mass is 225 g/mol. The molecule has 0 aliphatic heterocycles. The highest BCUT2D eigenvalue weighted by Crippen LogP contribution is 2.02. The predicted molar refractivity (Wildman–Crippen MR) is 59.8 cm³/mol. The molecule has 1 N–H and O–H groups in total. The van der Waals surface area contributed by atoms with Crippen LogP contribution in [0.2, 0.25) is 0 Å². The van der Waals surface area contributed by atoms with E-state index in [9.17, 15) is 0 Å². The van der Waals surface area contributed by atoms with Crippen LogP contribution in [-0.2, 0) is 13.6 Å². The highest BCUT2D eigenvalue weighted by molar-refractivity contribution is 5.85. The van der Waals surface area contributed by atoms with Gasteiger partial charge in [-0.1, -0.05) is 35.4 Å². The summed E-state index contributed by atoms with van der Waals surface area (Å²) in [7, 11) is 1.80. The Kier molecular flexibility index (Phi) is 4.05. The fourth-order valence-corrected chi connectivity index (χ4v) is 1.16. The van der Waals surface area contributed by atoms with E-state index in [1.54, 1.807) is 11.7 Å². The van der Waals surface area contributed by atoms with Gasteiger partial charge < -0.3 is 5.32 Å². The molecule has 1 heterocycles. The maximum Gasteiger partial charge on any atom is 0.242 e. The summed E-state index contributed by atoms with van der Waals surface area (Å²) in [5.41, 5.74) is 1.20. The zero-order chi connectivity index (χ0) is 9.80. The van der Waals surface area contributed by atoms with E-state index < -0.39 is 0 Å². The van der Waals surface area contributed by atoms with Crippen molar-refractivity contribution in [2.75, 3.05) is 5.32 Å². The highest BCUT2D eigenvalue weighted by atomic mass is 35.5. The second-order valence-corrected chi connectivity index (χ2v) is 2.97. The maximum atomic E-state index is 3.82. The van der Waals surface area contributed by atoms with Crippen LogP contribution in [0, 0.1) is 0 Å². The van der Waals surface area contributed by atoms with Gasteiger partial charge in [0.1, 0.15) is 0 Å². The lowest BCUT2D eigenvalue weighted by atomic mass is 10.2. The minimum Gasteiger partial charge on any atom is -0.349 e. The quantitative estimate of drug-likeness (QED) is 0.854. The molecule has 1 aromatic carbocycles. The second-order valence-electron chi connectivity index (χ2n) is 2.97. The van der Waals surface area contributed by atoms with Crippen LogP contribution >= 0.6 is 12.4 Å². The Balaban J connectivity index is 0.00000112. The van der Waals surface area contributed by atoms with E-state index in [1.165, 1.54) is 5.56 Å². The fraction of sp³-hybridized carbons (Fsp3) is 0.222. The van der Waals surface area contributed by atoms with Crippen LogP contribution in [0.1, 0.15) is 5.56 Å². The third-order valence-electron chi connectivity index (χ3n) is 1.91. The standard InChI is InChI=1S/C9H11N5.ClH/c1-14-9(11-12-13-14)10-7-8-5-3-2-4-6-8;/h2-6H,7H2,1H3,(H,10,11,13);1H. The van der Waals surface area contributed by atoms with Crippen molar-refractivity contribution in [1.29, 1.82) is 0 Å². The Morgan fingerprint density at radius 1 is 1.27 bits per heavy atom. The summed E-state index contributed by atoms with van der Waals surface area (Å²) in [5, 5.41) is 14.2. The molecule has 0 radical (unpaired) electrons. The van der Waals surface area contributed by atoms with Gasteiger partial charge in [0.2, 0.25) is 5.95 Å². The molecule has 0 bridgehead atoms. The lowest BCUT2D eigenvalue weighted by Crippen LogP contribution is -2.05. The molecule has 0 aliphatic rings. The zero-order valence-electron chi connectivity index (χ0n) is 8.29. The Hall–Kier alpha value is -1.62. The molecular weight excluding hydrogens is 214 g/mol. The molecule has 0 atom stereocenters.